The molecule has 0 rings (SSSR count). The summed E-state index contributed by atoms with van der Waals surface area (Å²) in [6.45, 7) is 7.62. The van der Waals surface area contributed by atoms with Gasteiger partial charge in [0.05, 0.1) is 8.07 Å². The first kappa shape index (κ1) is 10.9. The average Bonchev–Trinajstić information content (AvgIpc) is 2.08. The van der Waals surface area contributed by atoms with Crippen LogP contribution in [0, 0.1) is 0 Å². The zero-order valence-corrected chi connectivity index (χ0v) is 9.06. The van der Waals surface area contributed by atoms with E-state index < -0.39 is 8.07 Å². The fourth-order valence-electron chi connectivity index (χ4n) is 1.42. The van der Waals surface area contributed by atoms with Gasteiger partial charge in [-0.3, -0.25) is 0 Å². The molecule has 0 aliphatic rings. The average molecular weight is 171 g/mol. The van der Waals surface area contributed by atoms with Gasteiger partial charge < -0.3 is 5.73 Å². The van der Waals surface area contributed by atoms with E-state index in [1.165, 1.54) is 18.1 Å². The zero-order valence-electron chi connectivity index (χ0n) is 8.06. The number of hydrogen-bond donors (Lipinski definition) is 1. The van der Waals surface area contributed by atoms with E-state index in [2.05, 4.69) is 32.5 Å². The first-order valence-corrected chi connectivity index (χ1v) is 7.32. The molecule has 0 radical (unpaired) electrons. The van der Waals surface area contributed by atoms with Crippen LogP contribution in [-0.4, -0.2) is 14.6 Å². The summed E-state index contributed by atoms with van der Waals surface area (Å²) < 4.78 is 0. The Bertz CT molecular complexity index is 108. The Balaban J connectivity index is 4.16. The number of hydrogen-bond acceptors (Lipinski definition) is 1. The van der Waals surface area contributed by atoms with Crippen molar-refractivity contribution in [3.05, 3.63) is 11.8 Å². The molecule has 0 spiro atoms. The van der Waals surface area contributed by atoms with Crippen LogP contribution >= 0.6 is 0 Å². The Hall–Kier alpha value is -0.0831. The summed E-state index contributed by atoms with van der Waals surface area (Å²) in [4.78, 5) is 0. The third-order valence-electron chi connectivity index (χ3n) is 2.72. The molecule has 0 unspecified atom stereocenters. The number of nitrogens with two attached hydrogens (primary N) is 1. The van der Waals surface area contributed by atoms with Crippen molar-refractivity contribution < 1.29 is 0 Å². The van der Waals surface area contributed by atoms with Crippen LogP contribution in [0.25, 0.3) is 0 Å². The lowest BCUT2D eigenvalue weighted by Gasteiger charge is -2.23. The standard InChI is InChI=1S/C9H21NSi/c1-4-11(5-2,6-3)9-7-8-10/h7,9H,4-6,8,10H2,1-3H3. The Morgan fingerprint density at radius 3 is 1.82 bits per heavy atom. The maximum atomic E-state index is 5.44. The quantitative estimate of drug-likeness (QED) is 0.632. The first-order chi connectivity index (χ1) is 5.24. The van der Waals surface area contributed by atoms with E-state index in [9.17, 15) is 0 Å². The molecule has 11 heavy (non-hydrogen) atoms. The maximum Gasteiger partial charge on any atom is 0.0766 e. The Kier molecular flexibility index (Phi) is 5.51. The van der Waals surface area contributed by atoms with Gasteiger partial charge in [0.25, 0.3) is 0 Å². The number of rotatable bonds is 5. The zero-order chi connectivity index (χ0) is 8.74. The van der Waals surface area contributed by atoms with E-state index in [0.717, 1.165) is 0 Å². The minimum atomic E-state index is -0.999. The van der Waals surface area contributed by atoms with Crippen molar-refractivity contribution in [1.29, 1.82) is 0 Å². The predicted molar refractivity (Wildman–Crippen MR) is 55.4 cm³/mol. The molecule has 0 aromatic carbocycles. The Morgan fingerprint density at radius 1 is 1.09 bits per heavy atom. The Labute approximate surface area is 71.7 Å². The normalized spacial score (nSPS) is 12.7. The van der Waals surface area contributed by atoms with Gasteiger partial charge in [0.1, 0.15) is 0 Å². The van der Waals surface area contributed by atoms with Crippen LogP contribution in [0.5, 0.6) is 0 Å². The summed E-state index contributed by atoms with van der Waals surface area (Å²) >= 11 is 0. The van der Waals surface area contributed by atoms with Crippen molar-refractivity contribution in [3.8, 4) is 0 Å². The smallest absolute Gasteiger partial charge is 0.0766 e. The molecule has 0 atom stereocenters. The molecular weight excluding hydrogens is 150 g/mol. The predicted octanol–water partition coefficient (Wildman–Crippen LogP) is 2.55. The second-order valence-electron chi connectivity index (χ2n) is 3.06. The van der Waals surface area contributed by atoms with Crippen LogP contribution in [0.1, 0.15) is 20.8 Å². The van der Waals surface area contributed by atoms with Crippen LogP contribution in [-0.2, 0) is 0 Å². The lowest BCUT2D eigenvalue weighted by molar-refractivity contribution is 1.18. The van der Waals surface area contributed by atoms with E-state index in [1.54, 1.807) is 0 Å². The molecule has 2 heteroatoms. The van der Waals surface area contributed by atoms with E-state index in [-0.39, 0.29) is 0 Å². The molecule has 0 aromatic heterocycles. The van der Waals surface area contributed by atoms with Gasteiger partial charge in [-0.1, -0.05) is 50.7 Å². The second-order valence-corrected chi connectivity index (χ2v) is 8.24. The van der Waals surface area contributed by atoms with Gasteiger partial charge in [-0.15, -0.1) is 0 Å². The van der Waals surface area contributed by atoms with Gasteiger partial charge >= 0.3 is 0 Å². The monoisotopic (exact) mass is 171 g/mol. The van der Waals surface area contributed by atoms with Crippen molar-refractivity contribution in [3.63, 3.8) is 0 Å². The fourth-order valence-corrected chi connectivity index (χ4v) is 4.26. The van der Waals surface area contributed by atoms with Gasteiger partial charge in [-0.2, -0.15) is 0 Å². The molecule has 0 amide bonds. The highest BCUT2D eigenvalue weighted by atomic mass is 28.3. The van der Waals surface area contributed by atoms with Crippen molar-refractivity contribution in [1.82, 2.24) is 0 Å². The minimum Gasteiger partial charge on any atom is -0.327 e. The van der Waals surface area contributed by atoms with E-state index in [1.807, 2.05) is 0 Å². The third kappa shape index (κ3) is 3.21. The van der Waals surface area contributed by atoms with Crippen molar-refractivity contribution in [2.75, 3.05) is 6.54 Å². The van der Waals surface area contributed by atoms with Gasteiger partial charge in [-0.25, -0.2) is 0 Å². The molecule has 2 N–H and O–H groups in total. The van der Waals surface area contributed by atoms with E-state index >= 15 is 0 Å². The molecule has 0 fully saturated rings. The summed E-state index contributed by atoms with van der Waals surface area (Å²) in [5.41, 5.74) is 7.86. The van der Waals surface area contributed by atoms with Crippen LogP contribution in [0.15, 0.2) is 11.8 Å². The van der Waals surface area contributed by atoms with Crippen LogP contribution in [0.3, 0.4) is 0 Å². The van der Waals surface area contributed by atoms with Crippen LogP contribution in [0.2, 0.25) is 18.1 Å². The molecular formula is C9H21NSi. The SMILES string of the molecule is CC[Si](C=CCN)(CC)CC. The first-order valence-electron chi connectivity index (χ1n) is 4.62. The molecule has 0 saturated carbocycles. The highest BCUT2D eigenvalue weighted by Crippen LogP contribution is 2.20. The summed E-state index contributed by atoms with van der Waals surface area (Å²) in [6, 6.07) is 4.07. The van der Waals surface area contributed by atoms with E-state index in [4.69, 9.17) is 5.73 Å². The third-order valence-corrected chi connectivity index (χ3v) is 7.89. The van der Waals surface area contributed by atoms with Gasteiger partial charge in [-0.05, 0) is 0 Å². The minimum absolute atomic E-state index is 0.703. The van der Waals surface area contributed by atoms with Crippen molar-refractivity contribution in [2.24, 2.45) is 5.73 Å². The Morgan fingerprint density at radius 2 is 1.55 bits per heavy atom. The van der Waals surface area contributed by atoms with Crippen molar-refractivity contribution >= 4 is 8.07 Å². The molecule has 0 heterocycles. The highest BCUT2D eigenvalue weighted by molar-refractivity contribution is 6.84. The highest BCUT2D eigenvalue weighted by Gasteiger charge is 2.22. The lowest BCUT2D eigenvalue weighted by Crippen LogP contribution is -2.28. The molecule has 0 aliphatic carbocycles. The fraction of sp³-hybridized carbons (Fsp3) is 0.778. The van der Waals surface area contributed by atoms with E-state index in [0.29, 0.717) is 6.54 Å². The van der Waals surface area contributed by atoms with Crippen molar-refractivity contribution in [2.45, 2.75) is 38.9 Å². The summed E-state index contributed by atoms with van der Waals surface area (Å²) in [5, 5.41) is 0. The van der Waals surface area contributed by atoms with Crippen LogP contribution in [0.4, 0.5) is 0 Å². The topological polar surface area (TPSA) is 26.0 Å². The second kappa shape index (κ2) is 5.55. The van der Waals surface area contributed by atoms with Gasteiger partial charge in [0, 0.05) is 6.54 Å². The molecule has 0 aromatic rings. The molecule has 0 bridgehead atoms. The maximum absolute atomic E-state index is 5.44. The lowest BCUT2D eigenvalue weighted by atomic mass is 10.7. The molecule has 66 valence electrons. The van der Waals surface area contributed by atoms with Crippen LogP contribution < -0.4 is 5.73 Å². The van der Waals surface area contributed by atoms with Gasteiger partial charge in [0.2, 0.25) is 0 Å². The molecule has 0 aliphatic heterocycles. The van der Waals surface area contributed by atoms with Gasteiger partial charge in [0.15, 0.2) is 0 Å². The molecule has 0 saturated heterocycles. The summed E-state index contributed by atoms with van der Waals surface area (Å²) in [6.07, 6.45) is 2.14. The molecule has 1 nitrogen and oxygen atoms in total. The summed E-state index contributed by atoms with van der Waals surface area (Å²) in [7, 11) is -0.999. The largest absolute Gasteiger partial charge is 0.327 e. The summed E-state index contributed by atoms with van der Waals surface area (Å²) in [5.74, 6) is 0.